The number of hydrogen-bond acceptors (Lipinski definition) is 2. The van der Waals surface area contributed by atoms with Crippen molar-refractivity contribution in [3.05, 3.63) is 48.2 Å². The van der Waals surface area contributed by atoms with Crippen LogP contribution in [-0.4, -0.2) is 4.98 Å². The zero-order valence-corrected chi connectivity index (χ0v) is 7.51. The van der Waals surface area contributed by atoms with Gasteiger partial charge in [0.15, 0.2) is 0 Å². The second-order valence-electron chi connectivity index (χ2n) is 2.88. The number of rotatable bonds is 1. The van der Waals surface area contributed by atoms with Gasteiger partial charge in [-0.05, 0) is 23.8 Å². The summed E-state index contributed by atoms with van der Waals surface area (Å²) < 4.78 is 0. The summed E-state index contributed by atoms with van der Waals surface area (Å²) in [5, 5.41) is 9.52. The molecular formula is C12H8N2. The van der Waals surface area contributed by atoms with E-state index in [1.54, 1.807) is 12.3 Å². The van der Waals surface area contributed by atoms with Crippen LogP contribution in [0.25, 0.3) is 17.0 Å². The molecule has 1 heterocycles. The molecule has 0 spiro atoms. The molecule has 0 unspecified atom stereocenters. The van der Waals surface area contributed by atoms with Crippen LogP contribution in [-0.2, 0) is 0 Å². The van der Waals surface area contributed by atoms with Crippen molar-refractivity contribution in [1.82, 2.24) is 4.98 Å². The van der Waals surface area contributed by atoms with E-state index in [9.17, 15) is 0 Å². The average Bonchev–Trinajstić information content (AvgIpc) is 2.26. The zero-order valence-electron chi connectivity index (χ0n) is 7.51. The Morgan fingerprint density at radius 2 is 2.07 bits per heavy atom. The fourth-order valence-electron chi connectivity index (χ4n) is 1.39. The molecule has 0 saturated heterocycles. The van der Waals surface area contributed by atoms with Crippen LogP contribution in [0.4, 0.5) is 0 Å². The molecule has 0 amide bonds. The first kappa shape index (κ1) is 8.46. The molecule has 14 heavy (non-hydrogen) atoms. The number of aromatic nitrogens is 1. The second kappa shape index (κ2) is 3.71. The van der Waals surface area contributed by atoms with Gasteiger partial charge in [-0.15, -0.1) is 0 Å². The third-order valence-electron chi connectivity index (χ3n) is 2.02. The number of hydrogen-bond donors (Lipinski definition) is 0. The van der Waals surface area contributed by atoms with Gasteiger partial charge in [0, 0.05) is 17.7 Å². The fraction of sp³-hybridized carbons (Fsp3) is 0. The molecule has 1 aromatic carbocycles. The van der Waals surface area contributed by atoms with Crippen molar-refractivity contribution < 1.29 is 0 Å². The number of allylic oxidation sites excluding steroid dienone is 1. The molecular weight excluding hydrogens is 172 g/mol. The lowest BCUT2D eigenvalue weighted by Gasteiger charge is -1.99. The maximum atomic E-state index is 8.45. The standard InChI is InChI=1S/C12H8N2/c13-8-3-4-10-7-9-14-12-6-2-1-5-11(10)12/h1-7,9H/b4-3+. The molecule has 0 N–H and O–H groups in total. The van der Waals surface area contributed by atoms with E-state index in [-0.39, 0.29) is 0 Å². The fourth-order valence-corrected chi connectivity index (χ4v) is 1.39. The van der Waals surface area contributed by atoms with Crippen molar-refractivity contribution in [2.24, 2.45) is 0 Å². The first-order chi connectivity index (χ1) is 6.92. The summed E-state index contributed by atoms with van der Waals surface area (Å²) in [6.45, 7) is 0. The lowest BCUT2D eigenvalue weighted by molar-refractivity contribution is 1.41. The SMILES string of the molecule is N#C/C=C/c1ccnc2ccccc12. The van der Waals surface area contributed by atoms with E-state index in [0.29, 0.717) is 0 Å². The summed E-state index contributed by atoms with van der Waals surface area (Å²) in [6.07, 6.45) is 5.02. The Morgan fingerprint density at radius 3 is 2.93 bits per heavy atom. The van der Waals surface area contributed by atoms with Gasteiger partial charge >= 0.3 is 0 Å². The number of benzene rings is 1. The van der Waals surface area contributed by atoms with E-state index in [1.165, 1.54) is 6.08 Å². The molecule has 0 radical (unpaired) electrons. The Labute approximate surface area is 82.1 Å². The van der Waals surface area contributed by atoms with Gasteiger partial charge in [-0.25, -0.2) is 0 Å². The van der Waals surface area contributed by atoms with Gasteiger partial charge in [-0.3, -0.25) is 4.98 Å². The highest BCUT2D eigenvalue weighted by atomic mass is 14.6. The van der Waals surface area contributed by atoms with Crippen LogP contribution in [0.2, 0.25) is 0 Å². The van der Waals surface area contributed by atoms with Crippen LogP contribution < -0.4 is 0 Å². The molecule has 0 aliphatic rings. The van der Waals surface area contributed by atoms with Crippen molar-refractivity contribution in [2.45, 2.75) is 0 Å². The largest absolute Gasteiger partial charge is 0.256 e. The van der Waals surface area contributed by atoms with Crippen molar-refractivity contribution in [2.75, 3.05) is 0 Å². The maximum absolute atomic E-state index is 8.45. The number of pyridine rings is 1. The Hall–Kier alpha value is -2.14. The highest BCUT2D eigenvalue weighted by Gasteiger charge is 1.96. The van der Waals surface area contributed by atoms with Gasteiger partial charge in [0.2, 0.25) is 0 Å². The molecule has 0 atom stereocenters. The second-order valence-corrected chi connectivity index (χ2v) is 2.88. The first-order valence-corrected chi connectivity index (χ1v) is 4.32. The van der Waals surface area contributed by atoms with E-state index in [0.717, 1.165) is 16.5 Å². The molecule has 2 heteroatoms. The third-order valence-corrected chi connectivity index (χ3v) is 2.02. The minimum Gasteiger partial charge on any atom is -0.256 e. The van der Waals surface area contributed by atoms with Gasteiger partial charge in [0.25, 0.3) is 0 Å². The normalized spacial score (nSPS) is 10.5. The van der Waals surface area contributed by atoms with E-state index < -0.39 is 0 Å². The molecule has 2 rings (SSSR count). The van der Waals surface area contributed by atoms with E-state index in [1.807, 2.05) is 36.4 Å². The molecule has 0 bridgehead atoms. The minimum atomic E-state index is 0.951. The predicted octanol–water partition coefficient (Wildman–Crippen LogP) is 2.77. The van der Waals surface area contributed by atoms with Crippen LogP contribution in [0.1, 0.15) is 5.56 Å². The van der Waals surface area contributed by atoms with Crippen molar-refractivity contribution in [1.29, 1.82) is 5.26 Å². The first-order valence-electron chi connectivity index (χ1n) is 4.32. The quantitative estimate of drug-likeness (QED) is 0.633. The molecule has 66 valence electrons. The summed E-state index contributed by atoms with van der Waals surface area (Å²) in [7, 11) is 0. The predicted molar refractivity (Wildman–Crippen MR) is 56.4 cm³/mol. The van der Waals surface area contributed by atoms with Gasteiger partial charge in [0.1, 0.15) is 0 Å². The smallest absolute Gasteiger partial charge is 0.0912 e. The average molecular weight is 180 g/mol. The lowest BCUT2D eigenvalue weighted by atomic mass is 10.1. The summed E-state index contributed by atoms with van der Waals surface area (Å²) in [4.78, 5) is 4.23. The van der Waals surface area contributed by atoms with Crippen molar-refractivity contribution in [3.8, 4) is 6.07 Å². The van der Waals surface area contributed by atoms with E-state index in [4.69, 9.17) is 5.26 Å². The molecule has 0 aliphatic carbocycles. The summed E-state index contributed by atoms with van der Waals surface area (Å²) in [6, 6.07) is 11.8. The molecule has 2 aromatic rings. The van der Waals surface area contributed by atoms with Gasteiger partial charge < -0.3 is 0 Å². The van der Waals surface area contributed by atoms with Crippen LogP contribution in [0.5, 0.6) is 0 Å². The highest BCUT2D eigenvalue weighted by Crippen LogP contribution is 2.16. The third kappa shape index (κ3) is 1.48. The van der Waals surface area contributed by atoms with Crippen molar-refractivity contribution in [3.63, 3.8) is 0 Å². The minimum absolute atomic E-state index is 0.951. The molecule has 2 nitrogen and oxygen atoms in total. The summed E-state index contributed by atoms with van der Waals surface area (Å²) in [5.74, 6) is 0. The molecule has 0 saturated carbocycles. The van der Waals surface area contributed by atoms with Crippen LogP contribution in [0.3, 0.4) is 0 Å². The Balaban J connectivity index is 2.66. The maximum Gasteiger partial charge on any atom is 0.0912 e. The molecule has 0 fully saturated rings. The molecule has 1 aromatic heterocycles. The topological polar surface area (TPSA) is 36.7 Å². The Morgan fingerprint density at radius 1 is 1.21 bits per heavy atom. The van der Waals surface area contributed by atoms with E-state index >= 15 is 0 Å². The number of nitriles is 1. The Kier molecular flexibility index (Phi) is 2.24. The Bertz CT molecular complexity index is 516. The number of nitrogens with zero attached hydrogens (tertiary/aromatic N) is 2. The zero-order chi connectivity index (χ0) is 9.80. The summed E-state index contributed by atoms with van der Waals surface area (Å²) in [5.41, 5.74) is 1.98. The van der Waals surface area contributed by atoms with E-state index in [2.05, 4.69) is 4.98 Å². The lowest BCUT2D eigenvalue weighted by Crippen LogP contribution is -1.80. The number of fused-ring (bicyclic) bond motifs is 1. The van der Waals surface area contributed by atoms with Crippen LogP contribution in [0.15, 0.2) is 42.6 Å². The monoisotopic (exact) mass is 180 g/mol. The van der Waals surface area contributed by atoms with Crippen molar-refractivity contribution >= 4 is 17.0 Å². The number of para-hydroxylation sites is 1. The van der Waals surface area contributed by atoms with Gasteiger partial charge in [-0.2, -0.15) is 5.26 Å². The summed E-state index contributed by atoms with van der Waals surface area (Å²) >= 11 is 0. The van der Waals surface area contributed by atoms with Crippen LogP contribution >= 0.6 is 0 Å². The van der Waals surface area contributed by atoms with Gasteiger partial charge in [-0.1, -0.05) is 18.2 Å². The highest BCUT2D eigenvalue weighted by molar-refractivity contribution is 5.87. The molecule has 0 aliphatic heterocycles. The van der Waals surface area contributed by atoms with Crippen LogP contribution in [0, 0.1) is 11.3 Å². The van der Waals surface area contributed by atoms with Gasteiger partial charge in [0.05, 0.1) is 11.6 Å².